The molecule has 0 unspecified atom stereocenters. The van der Waals surface area contributed by atoms with Gasteiger partial charge < -0.3 is 49.5 Å². The molecule has 6 N–H and O–H groups in total. The standard InChI is InChI=1S/C43H73N5O12S/c1-12-34-43(9,55)37(51)31(7)48(22-14-21-47(20-13-19-44)41(53)45-61(56,57)32-17-15-26(2)16-18-32)25-27(3)24-42(8,54)38(29(5)35(49)30(6)39(52)59-34)60-40-36(50)33(46(10)11)23-28(4)58-40/h15-18,27-31,33-38,40,49-51,54-55H,12-14,20-25H2,1-11H3,(H,45,53)/t27-,28+,29-,30+,31-,33+,34-,35+,36+,37-,38-,40-,42-,43-/m1/s1. The number of amides is 2. The third-order valence-electron chi connectivity index (χ3n) is 12.5. The molecule has 0 saturated carbocycles. The second-order valence-corrected chi connectivity index (χ2v) is 19.8. The van der Waals surface area contributed by atoms with Gasteiger partial charge in [-0.15, -0.1) is 0 Å². The number of nitrogens with zero attached hydrogens (tertiary/aromatic N) is 4. The number of likely N-dealkylation sites (N-methyl/N-ethyl adjacent to an activating group) is 1. The number of aliphatic hydroxyl groups excluding tert-OH is 3. The molecule has 0 spiro atoms. The van der Waals surface area contributed by atoms with Gasteiger partial charge in [-0.1, -0.05) is 38.5 Å². The third kappa shape index (κ3) is 13.5. The fourth-order valence-corrected chi connectivity index (χ4v) is 9.79. The molecule has 2 fully saturated rings. The van der Waals surface area contributed by atoms with E-state index in [9.17, 15) is 48.8 Å². The summed E-state index contributed by atoms with van der Waals surface area (Å²) >= 11 is 0. The Hall–Kier alpha value is -2.96. The number of rotatable bonds is 12. The van der Waals surface area contributed by atoms with Gasteiger partial charge in [0, 0.05) is 44.2 Å². The summed E-state index contributed by atoms with van der Waals surface area (Å²) in [6.45, 7) is 15.4. The zero-order valence-electron chi connectivity index (χ0n) is 37.9. The van der Waals surface area contributed by atoms with Crippen molar-refractivity contribution in [3.05, 3.63) is 29.8 Å². The SMILES string of the molecule is CC[C@H]1OC(=O)[C@@H](C)[C@@H](O)[C@@H](C)[C@@H](O[C@H]2O[C@@H](C)C[C@H](N(C)C)[C@@H]2O)[C@](C)(O)C[C@@H](C)CN(CCCN(CCC#N)C(=O)NS(=O)(=O)c2ccc(C)cc2)[C@H](C)[C@@H](O)[C@]1(C)O. The zero-order chi connectivity index (χ0) is 46.2. The van der Waals surface area contributed by atoms with Crippen LogP contribution in [0.2, 0.25) is 0 Å². The summed E-state index contributed by atoms with van der Waals surface area (Å²) in [6, 6.07) is 5.97. The van der Waals surface area contributed by atoms with Crippen LogP contribution in [0.25, 0.3) is 0 Å². The first-order valence-electron chi connectivity index (χ1n) is 21.4. The smallest absolute Gasteiger partial charge is 0.331 e. The molecule has 14 atom stereocenters. The zero-order valence-corrected chi connectivity index (χ0v) is 38.7. The van der Waals surface area contributed by atoms with E-state index in [0.29, 0.717) is 6.42 Å². The van der Waals surface area contributed by atoms with Gasteiger partial charge in [0.05, 0.1) is 47.2 Å². The molecular formula is C43H73N5O12S. The minimum Gasteiger partial charge on any atom is -0.459 e. The minimum atomic E-state index is -4.22. The van der Waals surface area contributed by atoms with Crippen molar-refractivity contribution in [3.8, 4) is 6.07 Å². The number of ether oxygens (including phenoxy) is 3. The highest BCUT2D eigenvalue weighted by Gasteiger charge is 2.50. The molecule has 17 nitrogen and oxygen atoms in total. The molecule has 1 aromatic rings. The van der Waals surface area contributed by atoms with E-state index in [4.69, 9.17) is 14.2 Å². The number of nitrogens with one attached hydrogen (secondary N) is 1. The molecular weight excluding hydrogens is 811 g/mol. The highest BCUT2D eigenvalue weighted by molar-refractivity contribution is 7.90. The fraction of sp³-hybridized carbons (Fsp3) is 0.791. The number of aryl methyl sites for hydroxylation is 1. The molecule has 1 aromatic carbocycles. The number of cyclic esters (lactones) is 1. The number of sulfonamides is 1. The highest BCUT2D eigenvalue weighted by atomic mass is 32.2. The van der Waals surface area contributed by atoms with Gasteiger partial charge in [0.25, 0.3) is 10.0 Å². The van der Waals surface area contributed by atoms with E-state index >= 15 is 0 Å². The van der Waals surface area contributed by atoms with E-state index in [1.54, 1.807) is 46.8 Å². The molecule has 18 heteroatoms. The van der Waals surface area contributed by atoms with Crippen LogP contribution in [-0.2, 0) is 29.0 Å². The van der Waals surface area contributed by atoms with Crippen LogP contribution in [-0.4, -0.2) is 167 Å². The number of aliphatic hydroxyl groups is 5. The van der Waals surface area contributed by atoms with Crippen LogP contribution in [0.15, 0.2) is 29.2 Å². The summed E-state index contributed by atoms with van der Waals surface area (Å²) in [4.78, 5) is 32.0. The summed E-state index contributed by atoms with van der Waals surface area (Å²) < 4.78 is 46.7. The molecule has 2 saturated heterocycles. The van der Waals surface area contributed by atoms with Crippen molar-refractivity contribution in [2.24, 2.45) is 17.8 Å². The second-order valence-electron chi connectivity index (χ2n) is 18.1. The average molecular weight is 884 g/mol. The maximum atomic E-state index is 13.7. The van der Waals surface area contributed by atoms with Gasteiger partial charge in [-0.3, -0.25) is 9.69 Å². The Morgan fingerprint density at radius 1 is 1.05 bits per heavy atom. The lowest BCUT2D eigenvalue weighted by Crippen LogP contribution is -2.59. The monoisotopic (exact) mass is 883 g/mol. The highest BCUT2D eigenvalue weighted by Crippen LogP contribution is 2.37. The van der Waals surface area contributed by atoms with Crippen LogP contribution in [0.1, 0.15) is 93.1 Å². The van der Waals surface area contributed by atoms with E-state index in [1.165, 1.54) is 30.9 Å². The molecule has 2 heterocycles. The number of urea groups is 1. The summed E-state index contributed by atoms with van der Waals surface area (Å²) in [6.07, 6.45) is -6.97. The van der Waals surface area contributed by atoms with Gasteiger partial charge in [0.2, 0.25) is 0 Å². The molecule has 3 rings (SSSR count). The molecule has 0 radical (unpaired) electrons. The van der Waals surface area contributed by atoms with Crippen molar-refractivity contribution in [2.75, 3.05) is 40.3 Å². The lowest BCUT2D eigenvalue weighted by atomic mass is 9.78. The van der Waals surface area contributed by atoms with Crippen LogP contribution in [0.3, 0.4) is 0 Å². The largest absolute Gasteiger partial charge is 0.459 e. The van der Waals surface area contributed by atoms with Crippen molar-refractivity contribution < 1.29 is 57.8 Å². The number of carbonyl (C=O) groups is 2. The Bertz CT molecular complexity index is 1720. The molecule has 2 aliphatic heterocycles. The number of benzene rings is 1. The van der Waals surface area contributed by atoms with Crippen molar-refractivity contribution in [1.29, 1.82) is 5.26 Å². The molecule has 2 aliphatic rings. The van der Waals surface area contributed by atoms with E-state index in [-0.39, 0.29) is 74.8 Å². The Morgan fingerprint density at radius 3 is 2.25 bits per heavy atom. The summed E-state index contributed by atoms with van der Waals surface area (Å²) in [7, 11) is -0.548. The Kier molecular flexibility index (Phi) is 19.0. The van der Waals surface area contributed by atoms with Gasteiger partial charge in [0.1, 0.15) is 23.9 Å². The molecule has 0 bridgehead atoms. The van der Waals surface area contributed by atoms with Crippen molar-refractivity contribution in [1.82, 2.24) is 19.4 Å². The summed E-state index contributed by atoms with van der Waals surface area (Å²) in [5, 5.41) is 68.6. The van der Waals surface area contributed by atoms with Gasteiger partial charge in [-0.2, -0.15) is 5.26 Å². The molecule has 0 aliphatic carbocycles. The average Bonchev–Trinajstić information content (AvgIpc) is 3.18. The number of hydrogen-bond donors (Lipinski definition) is 6. The van der Waals surface area contributed by atoms with Crippen LogP contribution in [0.5, 0.6) is 0 Å². The Balaban J connectivity index is 1.99. The predicted molar refractivity (Wildman–Crippen MR) is 227 cm³/mol. The topological polar surface area (TPSA) is 243 Å². The van der Waals surface area contributed by atoms with Gasteiger partial charge in [-0.25, -0.2) is 17.9 Å². The van der Waals surface area contributed by atoms with E-state index in [0.717, 1.165) is 5.56 Å². The maximum absolute atomic E-state index is 13.7. The number of carbonyl (C=O) groups excluding carboxylic acids is 2. The van der Waals surface area contributed by atoms with E-state index < -0.39 is 87.9 Å². The lowest BCUT2D eigenvalue weighted by Gasteiger charge is -2.46. The van der Waals surface area contributed by atoms with Crippen molar-refractivity contribution in [3.63, 3.8) is 0 Å². The first kappa shape index (κ1) is 52.4. The van der Waals surface area contributed by atoms with E-state index in [2.05, 4.69) is 4.72 Å². The molecule has 0 aromatic heterocycles. The Morgan fingerprint density at radius 2 is 1.67 bits per heavy atom. The van der Waals surface area contributed by atoms with Crippen molar-refractivity contribution >= 4 is 22.0 Å². The van der Waals surface area contributed by atoms with Gasteiger partial charge in [0.15, 0.2) is 6.29 Å². The first-order chi connectivity index (χ1) is 28.3. The quantitative estimate of drug-likeness (QED) is 0.165. The number of esters is 1. The lowest BCUT2D eigenvalue weighted by molar-refractivity contribution is -0.299. The summed E-state index contributed by atoms with van der Waals surface area (Å²) in [5.74, 6) is -3.26. The third-order valence-corrected chi connectivity index (χ3v) is 13.8. The molecule has 61 heavy (non-hydrogen) atoms. The van der Waals surface area contributed by atoms with Crippen LogP contribution in [0, 0.1) is 36.0 Å². The summed E-state index contributed by atoms with van der Waals surface area (Å²) in [5.41, 5.74) is -2.83. The van der Waals surface area contributed by atoms with Crippen molar-refractivity contribution in [2.45, 2.75) is 166 Å². The van der Waals surface area contributed by atoms with Gasteiger partial charge in [-0.05, 0) is 99.4 Å². The fourth-order valence-electron chi connectivity index (χ4n) is 8.82. The number of nitriles is 1. The number of hydrogen-bond acceptors (Lipinski definition) is 15. The van der Waals surface area contributed by atoms with Crippen LogP contribution in [0.4, 0.5) is 4.79 Å². The normalized spacial score (nSPS) is 36.3. The maximum Gasteiger partial charge on any atom is 0.331 e. The van der Waals surface area contributed by atoms with Crippen LogP contribution < -0.4 is 4.72 Å². The molecule has 348 valence electrons. The Labute approximate surface area is 363 Å². The van der Waals surface area contributed by atoms with Gasteiger partial charge >= 0.3 is 12.0 Å². The minimum absolute atomic E-state index is 0.0211. The first-order valence-corrected chi connectivity index (χ1v) is 22.9. The predicted octanol–water partition coefficient (Wildman–Crippen LogP) is 2.36. The van der Waals surface area contributed by atoms with E-state index in [1.807, 2.05) is 43.8 Å². The molecule has 2 amide bonds. The van der Waals surface area contributed by atoms with Crippen LogP contribution >= 0.6 is 0 Å². The second kappa shape index (κ2) is 22.1.